The average molecular weight is 343 g/mol. The van der Waals surface area contributed by atoms with Crippen molar-refractivity contribution in [2.45, 2.75) is 4.90 Å². The van der Waals surface area contributed by atoms with E-state index in [1.54, 1.807) is 36.4 Å². The fourth-order valence-corrected chi connectivity index (χ4v) is 2.41. The van der Waals surface area contributed by atoms with Crippen LogP contribution in [0.25, 0.3) is 0 Å². The Morgan fingerprint density at radius 1 is 1.05 bits per heavy atom. The van der Waals surface area contributed by atoms with Crippen LogP contribution >= 0.6 is 35.0 Å². The van der Waals surface area contributed by atoms with E-state index in [0.29, 0.717) is 15.8 Å². The molecule has 2 rings (SSSR count). The molecular formula is C15H12Cl2O3S. The van der Waals surface area contributed by atoms with Gasteiger partial charge >= 0.3 is 5.97 Å². The first kappa shape index (κ1) is 16.0. The molecule has 0 fully saturated rings. The highest BCUT2D eigenvalue weighted by molar-refractivity contribution is 7.99. The topological polar surface area (TPSA) is 35.5 Å². The van der Waals surface area contributed by atoms with Gasteiger partial charge in [0, 0.05) is 9.92 Å². The summed E-state index contributed by atoms with van der Waals surface area (Å²) < 4.78 is 10.3. The maximum atomic E-state index is 11.5. The lowest BCUT2D eigenvalue weighted by Crippen LogP contribution is -2.14. The summed E-state index contributed by atoms with van der Waals surface area (Å²) in [5, 5.41) is 1.13. The molecule has 0 heterocycles. The monoisotopic (exact) mass is 342 g/mol. The SMILES string of the molecule is O=C(COc1ccccc1Cl)OCSc1ccc(Cl)cc1. The molecule has 0 aliphatic carbocycles. The molecule has 0 saturated carbocycles. The molecule has 0 N–H and O–H groups in total. The molecule has 0 bridgehead atoms. The lowest BCUT2D eigenvalue weighted by Gasteiger charge is -2.08. The lowest BCUT2D eigenvalue weighted by atomic mass is 10.3. The summed E-state index contributed by atoms with van der Waals surface area (Å²) >= 11 is 13.1. The summed E-state index contributed by atoms with van der Waals surface area (Å²) in [4.78, 5) is 12.5. The van der Waals surface area contributed by atoms with Crippen molar-refractivity contribution in [1.29, 1.82) is 0 Å². The molecule has 0 amide bonds. The molecule has 0 aliphatic heterocycles. The second kappa shape index (κ2) is 8.17. The zero-order valence-corrected chi connectivity index (χ0v) is 13.3. The minimum absolute atomic E-state index is 0.176. The van der Waals surface area contributed by atoms with Crippen LogP contribution in [0.2, 0.25) is 10.0 Å². The third kappa shape index (κ3) is 5.50. The summed E-state index contributed by atoms with van der Waals surface area (Å²) in [6.07, 6.45) is 0. The number of thioether (sulfide) groups is 1. The van der Waals surface area contributed by atoms with E-state index in [1.165, 1.54) is 11.8 Å². The lowest BCUT2D eigenvalue weighted by molar-refractivity contribution is -0.143. The van der Waals surface area contributed by atoms with Gasteiger partial charge in [0.1, 0.15) is 11.7 Å². The average Bonchev–Trinajstić information content (AvgIpc) is 2.48. The van der Waals surface area contributed by atoms with Crippen LogP contribution in [-0.4, -0.2) is 18.5 Å². The van der Waals surface area contributed by atoms with E-state index >= 15 is 0 Å². The van der Waals surface area contributed by atoms with Gasteiger partial charge in [-0.3, -0.25) is 0 Å². The van der Waals surface area contributed by atoms with Crippen molar-refractivity contribution in [2.24, 2.45) is 0 Å². The largest absolute Gasteiger partial charge is 0.480 e. The van der Waals surface area contributed by atoms with Crippen LogP contribution in [0.1, 0.15) is 0 Å². The Kier molecular flexibility index (Phi) is 6.23. The molecule has 0 aromatic heterocycles. The third-order valence-electron chi connectivity index (χ3n) is 2.44. The Morgan fingerprint density at radius 3 is 2.48 bits per heavy atom. The molecule has 3 nitrogen and oxygen atoms in total. The minimum Gasteiger partial charge on any atom is -0.480 e. The molecule has 2 aromatic rings. The van der Waals surface area contributed by atoms with Crippen molar-refractivity contribution in [2.75, 3.05) is 12.5 Å². The molecule has 0 saturated heterocycles. The summed E-state index contributed by atoms with van der Waals surface area (Å²) in [6.45, 7) is -0.176. The van der Waals surface area contributed by atoms with E-state index in [9.17, 15) is 4.79 Å². The molecule has 2 aromatic carbocycles. The molecule has 0 spiro atoms. The second-order valence-corrected chi connectivity index (χ2v) is 5.79. The van der Waals surface area contributed by atoms with Gasteiger partial charge < -0.3 is 9.47 Å². The van der Waals surface area contributed by atoms with E-state index < -0.39 is 5.97 Å². The van der Waals surface area contributed by atoms with E-state index in [-0.39, 0.29) is 12.5 Å². The summed E-state index contributed by atoms with van der Waals surface area (Å²) in [5.41, 5.74) is 0. The van der Waals surface area contributed by atoms with Gasteiger partial charge in [-0.05, 0) is 36.4 Å². The summed E-state index contributed by atoms with van der Waals surface area (Å²) in [6, 6.07) is 14.2. The van der Waals surface area contributed by atoms with Gasteiger partial charge in [-0.1, -0.05) is 47.1 Å². The van der Waals surface area contributed by atoms with Crippen LogP contribution < -0.4 is 4.74 Å². The smallest absolute Gasteiger partial charge is 0.345 e. The minimum atomic E-state index is -0.448. The summed E-state index contributed by atoms with van der Waals surface area (Å²) in [7, 11) is 0. The highest BCUT2D eigenvalue weighted by atomic mass is 35.5. The highest BCUT2D eigenvalue weighted by Crippen LogP contribution is 2.23. The van der Waals surface area contributed by atoms with Gasteiger partial charge in [0.25, 0.3) is 0 Å². The molecule has 0 aliphatic rings. The number of ether oxygens (including phenoxy) is 2. The zero-order valence-electron chi connectivity index (χ0n) is 10.9. The number of carbonyl (C=O) groups excluding carboxylic acids is 1. The molecular weight excluding hydrogens is 331 g/mol. The Labute approximate surface area is 137 Å². The van der Waals surface area contributed by atoms with Crippen molar-refractivity contribution >= 4 is 40.9 Å². The Balaban J connectivity index is 1.70. The molecule has 0 unspecified atom stereocenters. The van der Waals surface area contributed by atoms with Crippen molar-refractivity contribution in [3.05, 3.63) is 58.6 Å². The zero-order chi connectivity index (χ0) is 15.1. The maximum Gasteiger partial charge on any atom is 0.345 e. The molecule has 0 atom stereocenters. The van der Waals surface area contributed by atoms with Gasteiger partial charge in [-0.15, -0.1) is 0 Å². The molecule has 0 radical (unpaired) electrons. The third-order valence-corrected chi connectivity index (χ3v) is 3.85. The number of hydrogen-bond acceptors (Lipinski definition) is 4. The van der Waals surface area contributed by atoms with Gasteiger partial charge in [-0.2, -0.15) is 0 Å². The van der Waals surface area contributed by atoms with E-state index in [4.69, 9.17) is 32.7 Å². The first-order chi connectivity index (χ1) is 10.1. The maximum absolute atomic E-state index is 11.5. The standard InChI is InChI=1S/C15H12Cl2O3S/c16-11-5-7-12(8-6-11)21-10-20-15(18)9-19-14-4-2-1-3-13(14)17/h1-8H,9-10H2. The highest BCUT2D eigenvalue weighted by Gasteiger charge is 2.06. The molecule has 110 valence electrons. The Hall–Kier alpha value is -1.36. The van der Waals surface area contributed by atoms with Gasteiger partial charge in [0.2, 0.25) is 0 Å². The van der Waals surface area contributed by atoms with Crippen LogP contribution in [0.3, 0.4) is 0 Å². The number of halogens is 2. The first-order valence-electron chi connectivity index (χ1n) is 6.06. The van der Waals surface area contributed by atoms with Crippen molar-refractivity contribution in [3.63, 3.8) is 0 Å². The van der Waals surface area contributed by atoms with Crippen LogP contribution in [-0.2, 0) is 9.53 Å². The number of hydrogen-bond donors (Lipinski definition) is 0. The normalized spacial score (nSPS) is 10.2. The van der Waals surface area contributed by atoms with Gasteiger partial charge in [-0.25, -0.2) is 4.79 Å². The Morgan fingerprint density at radius 2 is 1.76 bits per heavy atom. The quantitative estimate of drug-likeness (QED) is 0.434. The van der Waals surface area contributed by atoms with Crippen LogP contribution in [0.5, 0.6) is 5.75 Å². The number of benzene rings is 2. The number of para-hydroxylation sites is 1. The van der Waals surface area contributed by atoms with Gasteiger partial charge in [0.05, 0.1) is 5.02 Å². The molecule has 6 heteroatoms. The van der Waals surface area contributed by atoms with Crippen molar-refractivity contribution in [3.8, 4) is 5.75 Å². The van der Waals surface area contributed by atoms with Crippen LogP contribution in [0, 0.1) is 0 Å². The summed E-state index contributed by atoms with van der Waals surface area (Å²) in [5.74, 6) is 0.227. The predicted molar refractivity (Wildman–Crippen MR) is 85.2 cm³/mol. The number of esters is 1. The van der Waals surface area contributed by atoms with Crippen molar-refractivity contribution in [1.82, 2.24) is 0 Å². The van der Waals surface area contributed by atoms with E-state index in [0.717, 1.165) is 4.90 Å². The first-order valence-corrected chi connectivity index (χ1v) is 7.80. The second-order valence-electron chi connectivity index (χ2n) is 3.95. The van der Waals surface area contributed by atoms with Gasteiger partial charge in [0.15, 0.2) is 6.61 Å². The van der Waals surface area contributed by atoms with Crippen LogP contribution in [0.4, 0.5) is 0 Å². The van der Waals surface area contributed by atoms with Crippen molar-refractivity contribution < 1.29 is 14.3 Å². The number of rotatable bonds is 6. The van der Waals surface area contributed by atoms with Crippen LogP contribution in [0.15, 0.2) is 53.4 Å². The predicted octanol–water partition coefficient (Wildman–Crippen LogP) is 4.67. The van der Waals surface area contributed by atoms with E-state index in [1.807, 2.05) is 12.1 Å². The fourth-order valence-electron chi connectivity index (χ4n) is 1.43. The Bertz CT molecular complexity index is 602. The fraction of sp³-hybridized carbons (Fsp3) is 0.133. The van der Waals surface area contributed by atoms with E-state index in [2.05, 4.69) is 0 Å². The molecule has 21 heavy (non-hydrogen) atoms. The number of carbonyl (C=O) groups is 1.